The van der Waals surface area contributed by atoms with Crippen molar-refractivity contribution in [1.29, 1.82) is 0 Å². The summed E-state index contributed by atoms with van der Waals surface area (Å²) in [6.45, 7) is 5.77. The highest BCUT2D eigenvalue weighted by molar-refractivity contribution is 6.10. The van der Waals surface area contributed by atoms with E-state index in [1.54, 1.807) is 19.1 Å². The average molecular weight is 669 g/mol. The number of fused-ring (bicyclic) bond motifs is 1. The Bertz CT molecular complexity index is 1640. The fourth-order valence-corrected chi connectivity index (χ4v) is 11.2. The maximum Gasteiger partial charge on any atom is 0.321 e. The number of urea groups is 1. The number of ether oxygens (including phenoxy) is 2. The van der Waals surface area contributed by atoms with E-state index in [0.29, 0.717) is 49.4 Å². The van der Waals surface area contributed by atoms with Gasteiger partial charge in [0.25, 0.3) is 0 Å². The predicted octanol–water partition coefficient (Wildman–Crippen LogP) is 7.04. The van der Waals surface area contributed by atoms with Crippen LogP contribution in [0.15, 0.2) is 78.4 Å². The van der Waals surface area contributed by atoms with Crippen LogP contribution in [0.25, 0.3) is 0 Å². The zero-order valence-electron chi connectivity index (χ0n) is 29.4. The maximum atomic E-state index is 14.8. The van der Waals surface area contributed by atoms with Crippen molar-refractivity contribution in [2.75, 3.05) is 39.2 Å². The summed E-state index contributed by atoms with van der Waals surface area (Å²) in [5.41, 5.74) is -0.645. The predicted molar refractivity (Wildman–Crippen MR) is 189 cm³/mol. The van der Waals surface area contributed by atoms with Crippen LogP contribution in [-0.2, 0) is 4.74 Å². The molecule has 8 rings (SSSR count). The van der Waals surface area contributed by atoms with E-state index in [1.165, 1.54) is 0 Å². The van der Waals surface area contributed by atoms with E-state index in [-0.39, 0.29) is 35.6 Å². The minimum Gasteiger partial charge on any atom is -0.497 e. The van der Waals surface area contributed by atoms with E-state index < -0.39 is 27.9 Å². The van der Waals surface area contributed by atoms with Crippen LogP contribution < -0.4 is 10.1 Å². The van der Waals surface area contributed by atoms with Gasteiger partial charge in [-0.15, -0.1) is 0 Å². The van der Waals surface area contributed by atoms with Crippen LogP contribution in [0.3, 0.4) is 0 Å². The van der Waals surface area contributed by atoms with Gasteiger partial charge in [-0.3, -0.25) is 4.79 Å². The molecule has 2 bridgehead atoms. The van der Waals surface area contributed by atoms with Gasteiger partial charge in [-0.2, -0.15) is 0 Å². The lowest BCUT2D eigenvalue weighted by molar-refractivity contribution is -0.174. The SMILES string of the molecule is COCCCN(C[C@]1(O)CC[C@H]2[C@]34C=C[C@@]5(C=C3C(=O)c3ccc(OC)cc3)CC(O)CC[C@]5(C)[C@H]4CC[C@@]21C)C(=O)Nc1ccccc1. The summed E-state index contributed by atoms with van der Waals surface area (Å²) in [5.74, 6) is 0.903. The molecule has 2 spiro atoms. The van der Waals surface area contributed by atoms with Gasteiger partial charge in [0.2, 0.25) is 0 Å². The second kappa shape index (κ2) is 12.4. The molecule has 0 aromatic heterocycles. The summed E-state index contributed by atoms with van der Waals surface area (Å²) < 4.78 is 10.7. The number of nitrogens with zero attached hydrogens (tertiary/aromatic N) is 1. The quantitative estimate of drug-likeness (QED) is 0.142. The van der Waals surface area contributed by atoms with Gasteiger partial charge in [0.05, 0.1) is 25.4 Å². The fraction of sp³-hybridized carbons (Fsp3) is 0.561. The van der Waals surface area contributed by atoms with Gasteiger partial charge in [0.15, 0.2) is 5.78 Å². The Hall–Kier alpha value is -3.46. The molecule has 2 aromatic rings. The van der Waals surface area contributed by atoms with Gasteiger partial charge in [-0.25, -0.2) is 4.79 Å². The summed E-state index contributed by atoms with van der Waals surface area (Å²) in [7, 11) is 3.28. The molecule has 0 saturated heterocycles. The van der Waals surface area contributed by atoms with E-state index in [0.717, 1.165) is 37.7 Å². The van der Waals surface area contributed by atoms with Crippen LogP contribution >= 0.6 is 0 Å². The van der Waals surface area contributed by atoms with Crippen molar-refractivity contribution in [2.24, 2.45) is 33.5 Å². The number of anilines is 1. The number of methoxy groups -OCH3 is 2. The molecule has 2 aromatic carbocycles. The first-order chi connectivity index (χ1) is 23.5. The van der Waals surface area contributed by atoms with Crippen molar-refractivity contribution in [1.82, 2.24) is 4.90 Å². The number of Topliss-reactive ketones (excluding diaryl/α,β-unsaturated/α-hetero) is 1. The van der Waals surface area contributed by atoms with Crippen LogP contribution in [0.4, 0.5) is 10.5 Å². The van der Waals surface area contributed by atoms with E-state index in [9.17, 15) is 19.8 Å². The molecule has 0 aliphatic heterocycles. The lowest BCUT2D eigenvalue weighted by Gasteiger charge is -2.71. The van der Waals surface area contributed by atoms with Gasteiger partial charge in [-0.1, -0.05) is 50.3 Å². The molecule has 6 aliphatic rings. The van der Waals surface area contributed by atoms with Crippen molar-refractivity contribution in [3.8, 4) is 5.75 Å². The van der Waals surface area contributed by atoms with Crippen LogP contribution in [0.2, 0.25) is 0 Å². The molecule has 0 radical (unpaired) electrons. The average Bonchev–Trinajstić information content (AvgIpc) is 3.38. The fourth-order valence-electron chi connectivity index (χ4n) is 11.2. The number of hydrogen-bond donors (Lipinski definition) is 3. The van der Waals surface area contributed by atoms with Gasteiger partial charge in [0.1, 0.15) is 5.75 Å². The Kier molecular flexibility index (Phi) is 8.60. The highest BCUT2D eigenvalue weighted by Gasteiger charge is 2.74. The smallest absolute Gasteiger partial charge is 0.321 e. The van der Waals surface area contributed by atoms with Crippen molar-refractivity contribution < 1.29 is 29.3 Å². The Balaban J connectivity index is 1.27. The number of allylic oxidation sites excluding steroid dienone is 4. The lowest BCUT2D eigenvalue weighted by Crippen LogP contribution is -2.67. The molecule has 8 nitrogen and oxygen atoms in total. The molecular formula is C41H52N2O6. The molecule has 1 unspecified atom stereocenters. The molecule has 3 saturated carbocycles. The Morgan fingerprint density at radius 2 is 1.61 bits per heavy atom. The number of carbonyl (C=O) groups is 2. The Labute approximate surface area is 290 Å². The van der Waals surface area contributed by atoms with Crippen LogP contribution in [0, 0.1) is 33.5 Å². The summed E-state index contributed by atoms with van der Waals surface area (Å²) in [4.78, 5) is 30.3. The van der Waals surface area contributed by atoms with Crippen molar-refractivity contribution in [3.63, 3.8) is 0 Å². The standard InChI is InChI=1S/C41H52N2O6/c1-37-18-15-30(44)25-39(37)21-22-41(32(26-39)35(45)28-11-13-31(49-4)14-12-28)33(37)16-19-38(2)34(41)17-20-40(38,47)27-43(23-8-24-48-3)36(46)42-29-9-6-5-7-10-29/h5-7,9-14,21-22,26,30,33-34,44,47H,8,15-20,23-25,27H2,1-4H3,(H,42,46)/t30?,33-,34-,37-,38+,39+,40-,41-/m1/s1. The first-order valence-corrected chi connectivity index (χ1v) is 18.1. The number of aliphatic hydroxyl groups is 2. The molecular weight excluding hydrogens is 616 g/mol. The zero-order valence-corrected chi connectivity index (χ0v) is 29.4. The number of amides is 2. The highest BCUT2D eigenvalue weighted by atomic mass is 16.5. The molecule has 8 atom stereocenters. The lowest BCUT2D eigenvalue weighted by atomic mass is 9.32. The van der Waals surface area contributed by atoms with Crippen LogP contribution in [0.1, 0.15) is 75.6 Å². The molecule has 49 heavy (non-hydrogen) atoms. The number of para-hydroxylation sites is 1. The first-order valence-electron chi connectivity index (χ1n) is 18.1. The maximum absolute atomic E-state index is 14.8. The van der Waals surface area contributed by atoms with Crippen molar-refractivity contribution in [3.05, 3.63) is 84.0 Å². The monoisotopic (exact) mass is 668 g/mol. The number of benzene rings is 2. The topological polar surface area (TPSA) is 108 Å². The third kappa shape index (κ3) is 5.11. The number of nitrogens with one attached hydrogen (secondary N) is 1. The second-order valence-corrected chi connectivity index (χ2v) is 15.9. The van der Waals surface area contributed by atoms with Gasteiger partial charge < -0.3 is 29.9 Å². The van der Waals surface area contributed by atoms with Crippen LogP contribution in [0.5, 0.6) is 5.75 Å². The third-order valence-electron chi connectivity index (χ3n) is 13.8. The van der Waals surface area contributed by atoms with Crippen molar-refractivity contribution >= 4 is 17.5 Å². The largest absolute Gasteiger partial charge is 0.497 e. The normalized spacial score (nSPS) is 37.0. The number of aliphatic hydroxyl groups excluding tert-OH is 1. The molecule has 262 valence electrons. The number of carbonyl (C=O) groups excluding carboxylic acids is 2. The second-order valence-electron chi connectivity index (χ2n) is 15.9. The van der Waals surface area contributed by atoms with Gasteiger partial charge >= 0.3 is 6.03 Å². The van der Waals surface area contributed by atoms with Gasteiger partial charge in [0, 0.05) is 53.3 Å². The van der Waals surface area contributed by atoms with E-state index in [4.69, 9.17) is 9.47 Å². The molecule has 3 N–H and O–H groups in total. The summed E-state index contributed by atoms with van der Waals surface area (Å²) >= 11 is 0. The number of rotatable bonds is 10. The molecule has 3 fully saturated rings. The van der Waals surface area contributed by atoms with E-state index in [2.05, 4.69) is 37.4 Å². The summed E-state index contributed by atoms with van der Waals surface area (Å²) in [6, 6.07) is 16.6. The first kappa shape index (κ1) is 34.0. The summed E-state index contributed by atoms with van der Waals surface area (Å²) in [6.07, 6.45) is 12.4. The Morgan fingerprint density at radius 3 is 2.33 bits per heavy atom. The molecule has 6 aliphatic carbocycles. The van der Waals surface area contributed by atoms with Crippen LogP contribution in [-0.4, -0.2) is 72.5 Å². The number of hydrogen-bond acceptors (Lipinski definition) is 6. The molecule has 8 heteroatoms. The van der Waals surface area contributed by atoms with Gasteiger partial charge in [-0.05, 0) is 105 Å². The molecule has 0 heterocycles. The van der Waals surface area contributed by atoms with Crippen molar-refractivity contribution in [2.45, 2.75) is 76.9 Å². The number of ketones is 1. The minimum atomic E-state index is -1.16. The highest BCUT2D eigenvalue weighted by Crippen LogP contribution is 2.78. The molecule has 2 amide bonds. The zero-order chi connectivity index (χ0) is 34.7. The minimum absolute atomic E-state index is 0.00608. The van der Waals surface area contributed by atoms with E-state index in [1.807, 2.05) is 54.6 Å². The Morgan fingerprint density at radius 1 is 0.918 bits per heavy atom. The summed E-state index contributed by atoms with van der Waals surface area (Å²) in [5, 5.41) is 26.9. The van der Waals surface area contributed by atoms with E-state index >= 15 is 0 Å². The third-order valence-corrected chi connectivity index (χ3v) is 13.8.